The molecule has 1 aliphatic heterocycles. The quantitative estimate of drug-likeness (QED) is 0.888. The van der Waals surface area contributed by atoms with Crippen molar-refractivity contribution >= 4 is 5.97 Å². The van der Waals surface area contributed by atoms with Crippen LogP contribution in [0.4, 0.5) is 0 Å². The van der Waals surface area contributed by atoms with Gasteiger partial charge in [-0.25, -0.2) is 4.79 Å². The zero-order chi connectivity index (χ0) is 16.2. The molecule has 1 N–H and O–H groups in total. The van der Waals surface area contributed by atoms with E-state index in [4.69, 9.17) is 14.6 Å². The van der Waals surface area contributed by atoms with Gasteiger partial charge in [-0.15, -0.1) is 0 Å². The Hall–Kier alpha value is -2.53. The van der Waals surface area contributed by atoms with Gasteiger partial charge in [0, 0.05) is 13.1 Å². The van der Waals surface area contributed by atoms with Crippen molar-refractivity contribution in [3.05, 3.63) is 59.2 Å². The molecule has 2 aromatic rings. The fourth-order valence-corrected chi connectivity index (χ4v) is 2.59. The average molecular weight is 313 g/mol. The van der Waals surface area contributed by atoms with Crippen LogP contribution in [-0.4, -0.2) is 29.3 Å². The number of fused-ring (bicyclic) bond motifs is 1. The molecular formula is C18H19NO4. The normalized spacial score (nSPS) is 12.6. The number of ether oxygens (including phenoxy) is 2. The van der Waals surface area contributed by atoms with Crippen molar-refractivity contribution in [3.8, 4) is 11.5 Å². The lowest BCUT2D eigenvalue weighted by Crippen LogP contribution is -2.22. The minimum atomic E-state index is -0.899. The second kappa shape index (κ2) is 6.71. The SMILES string of the molecule is CCN(Cc1ccc(C(=O)O)cc1)Cc1ccc2c(c1)OCO2. The number of benzene rings is 2. The standard InChI is InChI=1S/C18H19NO4/c1-2-19(10-13-3-6-15(7-4-13)18(20)21)11-14-5-8-16-17(9-14)23-12-22-16/h3-9H,2,10-12H2,1H3,(H,20,21). The van der Waals surface area contributed by atoms with E-state index in [-0.39, 0.29) is 6.79 Å². The Labute approximate surface area is 135 Å². The highest BCUT2D eigenvalue weighted by Gasteiger charge is 2.14. The maximum atomic E-state index is 10.9. The van der Waals surface area contributed by atoms with E-state index in [0.717, 1.165) is 36.7 Å². The predicted molar refractivity (Wildman–Crippen MR) is 85.8 cm³/mol. The Morgan fingerprint density at radius 2 is 1.70 bits per heavy atom. The van der Waals surface area contributed by atoms with Crippen LogP contribution in [0.25, 0.3) is 0 Å². The van der Waals surface area contributed by atoms with Gasteiger partial charge in [-0.05, 0) is 41.9 Å². The Bertz CT molecular complexity index is 697. The number of aromatic carboxylic acids is 1. The van der Waals surface area contributed by atoms with Crippen LogP contribution in [0.1, 0.15) is 28.4 Å². The molecule has 23 heavy (non-hydrogen) atoms. The van der Waals surface area contributed by atoms with Crippen molar-refractivity contribution in [2.24, 2.45) is 0 Å². The first-order valence-corrected chi connectivity index (χ1v) is 7.59. The lowest BCUT2D eigenvalue weighted by molar-refractivity contribution is 0.0697. The molecule has 0 saturated carbocycles. The molecule has 0 unspecified atom stereocenters. The smallest absolute Gasteiger partial charge is 0.335 e. The van der Waals surface area contributed by atoms with Gasteiger partial charge in [0.15, 0.2) is 11.5 Å². The lowest BCUT2D eigenvalue weighted by Gasteiger charge is -2.21. The summed E-state index contributed by atoms with van der Waals surface area (Å²) in [6, 6.07) is 13.0. The Morgan fingerprint density at radius 3 is 2.39 bits per heavy atom. The van der Waals surface area contributed by atoms with Crippen LogP contribution in [0.15, 0.2) is 42.5 Å². The Kier molecular flexibility index (Phi) is 4.48. The predicted octanol–water partition coefficient (Wildman–Crippen LogP) is 3.14. The van der Waals surface area contributed by atoms with Crippen molar-refractivity contribution in [3.63, 3.8) is 0 Å². The molecule has 0 spiro atoms. The van der Waals surface area contributed by atoms with E-state index in [0.29, 0.717) is 5.56 Å². The number of hydrogen-bond donors (Lipinski definition) is 1. The van der Waals surface area contributed by atoms with Gasteiger partial charge in [0.2, 0.25) is 6.79 Å². The summed E-state index contributed by atoms with van der Waals surface area (Å²) in [5, 5.41) is 8.94. The maximum Gasteiger partial charge on any atom is 0.335 e. The van der Waals surface area contributed by atoms with Crippen LogP contribution >= 0.6 is 0 Å². The summed E-state index contributed by atoms with van der Waals surface area (Å²) in [6.45, 7) is 4.86. The molecule has 0 aromatic heterocycles. The third-order valence-corrected chi connectivity index (χ3v) is 3.90. The molecular weight excluding hydrogens is 294 g/mol. The molecule has 120 valence electrons. The van der Waals surface area contributed by atoms with Crippen molar-refractivity contribution in [1.82, 2.24) is 4.90 Å². The minimum Gasteiger partial charge on any atom is -0.478 e. The molecule has 2 aromatic carbocycles. The molecule has 0 atom stereocenters. The van der Waals surface area contributed by atoms with Crippen molar-refractivity contribution < 1.29 is 19.4 Å². The number of carbonyl (C=O) groups is 1. The molecule has 5 nitrogen and oxygen atoms in total. The summed E-state index contributed by atoms with van der Waals surface area (Å²) in [7, 11) is 0. The summed E-state index contributed by atoms with van der Waals surface area (Å²) < 4.78 is 10.7. The van der Waals surface area contributed by atoms with Gasteiger partial charge in [-0.2, -0.15) is 0 Å². The van der Waals surface area contributed by atoms with Crippen LogP contribution in [0, 0.1) is 0 Å². The first-order chi connectivity index (χ1) is 11.2. The monoisotopic (exact) mass is 313 g/mol. The van der Waals surface area contributed by atoms with E-state index in [9.17, 15) is 4.79 Å². The Balaban J connectivity index is 1.66. The van der Waals surface area contributed by atoms with E-state index >= 15 is 0 Å². The fourth-order valence-electron chi connectivity index (χ4n) is 2.59. The molecule has 0 aliphatic carbocycles. The summed E-state index contributed by atoms with van der Waals surface area (Å²) in [4.78, 5) is 13.2. The van der Waals surface area contributed by atoms with E-state index in [2.05, 4.69) is 11.8 Å². The van der Waals surface area contributed by atoms with E-state index < -0.39 is 5.97 Å². The number of nitrogens with zero attached hydrogens (tertiary/aromatic N) is 1. The third-order valence-electron chi connectivity index (χ3n) is 3.90. The van der Waals surface area contributed by atoms with Gasteiger partial charge >= 0.3 is 5.97 Å². The zero-order valence-electron chi connectivity index (χ0n) is 13.0. The zero-order valence-corrected chi connectivity index (χ0v) is 13.0. The molecule has 0 amide bonds. The Morgan fingerprint density at radius 1 is 1.04 bits per heavy atom. The highest BCUT2D eigenvalue weighted by molar-refractivity contribution is 5.87. The van der Waals surface area contributed by atoms with Crippen molar-refractivity contribution in [2.45, 2.75) is 20.0 Å². The molecule has 0 saturated heterocycles. The number of hydrogen-bond acceptors (Lipinski definition) is 4. The summed E-state index contributed by atoms with van der Waals surface area (Å²) in [5.41, 5.74) is 2.57. The van der Waals surface area contributed by atoms with Gasteiger partial charge in [0.25, 0.3) is 0 Å². The summed E-state index contributed by atoms with van der Waals surface area (Å²) in [6.07, 6.45) is 0. The molecule has 0 bridgehead atoms. The molecule has 1 aliphatic rings. The third kappa shape index (κ3) is 3.63. The van der Waals surface area contributed by atoms with Gasteiger partial charge in [-0.1, -0.05) is 25.1 Å². The van der Waals surface area contributed by atoms with Crippen molar-refractivity contribution in [2.75, 3.05) is 13.3 Å². The maximum absolute atomic E-state index is 10.9. The average Bonchev–Trinajstić information content (AvgIpc) is 3.02. The first kappa shape index (κ1) is 15.4. The summed E-state index contributed by atoms with van der Waals surface area (Å²) in [5.74, 6) is 0.690. The number of carboxylic acid groups (broad SMARTS) is 1. The lowest BCUT2D eigenvalue weighted by atomic mass is 10.1. The topological polar surface area (TPSA) is 59.0 Å². The van der Waals surface area contributed by atoms with Crippen LogP contribution in [-0.2, 0) is 13.1 Å². The van der Waals surface area contributed by atoms with E-state index in [1.165, 1.54) is 5.56 Å². The second-order valence-corrected chi connectivity index (χ2v) is 5.49. The second-order valence-electron chi connectivity index (χ2n) is 5.49. The van der Waals surface area contributed by atoms with Crippen LogP contribution in [0.2, 0.25) is 0 Å². The fraction of sp³-hybridized carbons (Fsp3) is 0.278. The van der Waals surface area contributed by atoms with Gasteiger partial charge in [0.05, 0.1) is 5.56 Å². The van der Waals surface area contributed by atoms with E-state index in [1.807, 2.05) is 30.3 Å². The van der Waals surface area contributed by atoms with Crippen LogP contribution in [0.3, 0.4) is 0 Å². The summed E-state index contributed by atoms with van der Waals surface area (Å²) >= 11 is 0. The van der Waals surface area contributed by atoms with Gasteiger partial charge in [-0.3, -0.25) is 4.90 Å². The highest BCUT2D eigenvalue weighted by Crippen LogP contribution is 2.32. The van der Waals surface area contributed by atoms with Crippen molar-refractivity contribution in [1.29, 1.82) is 0 Å². The largest absolute Gasteiger partial charge is 0.478 e. The van der Waals surface area contributed by atoms with Gasteiger partial charge < -0.3 is 14.6 Å². The number of carboxylic acids is 1. The molecule has 3 rings (SSSR count). The molecule has 0 radical (unpaired) electrons. The van der Waals surface area contributed by atoms with Gasteiger partial charge in [0.1, 0.15) is 0 Å². The molecule has 1 heterocycles. The molecule has 5 heteroatoms. The van der Waals surface area contributed by atoms with Crippen LogP contribution < -0.4 is 9.47 Å². The number of rotatable bonds is 6. The highest BCUT2D eigenvalue weighted by atomic mass is 16.7. The van der Waals surface area contributed by atoms with E-state index in [1.54, 1.807) is 12.1 Å². The minimum absolute atomic E-state index is 0.284. The first-order valence-electron chi connectivity index (χ1n) is 7.59. The molecule has 0 fully saturated rings. The van der Waals surface area contributed by atoms with Crippen LogP contribution in [0.5, 0.6) is 11.5 Å².